The van der Waals surface area contributed by atoms with Gasteiger partial charge in [0.25, 0.3) is 5.91 Å². The molecule has 27 heavy (non-hydrogen) atoms. The van der Waals surface area contributed by atoms with Crippen LogP contribution in [0.25, 0.3) is 0 Å². The Morgan fingerprint density at radius 1 is 1.15 bits per heavy atom. The first-order valence-corrected chi connectivity index (χ1v) is 8.98. The molecule has 0 aliphatic carbocycles. The number of amides is 1. The minimum Gasteiger partial charge on any atom is -0.372 e. The summed E-state index contributed by atoms with van der Waals surface area (Å²) in [5.41, 5.74) is 2.11. The molecule has 3 rings (SSSR count). The van der Waals surface area contributed by atoms with Crippen molar-refractivity contribution in [1.82, 2.24) is 14.9 Å². The summed E-state index contributed by atoms with van der Waals surface area (Å²) in [5.74, 6) is 5.77. The number of hydrogen-bond acceptors (Lipinski definition) is 5. The fourth-order valence-corrected chi connectivity index (χ4v) is 2.88. The highest BCUT2D eigenvalue weighted by Crippen LogP contribution is 2.22. The van der Waals surface area contributed by atoms with Crippen molar-refractivity contribution in [1.29, 1.82) is 0 Å². The Morgan fingerprint density at radius 2 is 1.81 bits per heavy atom. The molecular weight excluding hydrogens is 340 g/mol. The summed E-state index contributed by atoms with van der Waals surface area (Å²) < 4.78 is 0. The van der Waals surface area contributed by atoms with Crippen LogP contribution < -0.4 is 4.90 Å². The number of anilines is 1. The van der Waals surface area contributed by atoms with Crippen LogP contribution in [-0.2, 0) is 10.2 Å². The molecule has 140 valence electrons. The van der Waals surface area contributed by atoms with Crippen molar-refractivity contribution in [3.8, 4) is 11.8 Å². The number of rotatable bonds is 1. The molecule has 1 amide bonds. The molecule has 2 heterocycles. The molecule has 1 aliphatic rings. The average Bonchev–Trinajstić information content (AvgIpc) is 2.66. The van der Waals surface area contributed by atoms with E-state index in [1.807, 2.05) is 24.3 Å². The predicted molar refractivity (Wildman–Crippen MR) is 104 cm³/mol. The summed E-state index contributed by atoms with van der Waals surface area (Å²) in [4.78, 5) is 23.9. The van der Waals surface area contributed by atoms with Crippen molar-refractivity contribution in [2.75, 3.05) is 24.5 Å². The quantitative estimate of drug-likeness (QED) is 0.782. The highest BCUT2D eigenvalue weighted by Gasteiger charge is 2.28. The SMILES string of the molecule is CC(C)(C)c1ccc(C#CC(=O)N2CCN(c3ncccn3)C(O)C2)cc1. The van der Waals surface area contributed by atoms with Crippen molar-refractivity contribution in [3.05, 3.63) is 53.9 Å². The first kappa shape index (κ1) is 18.9. The van der Waals surface area contributed by atoms with E-state index < -0.39 is 6.23 Å². The summed E-state index contributed by atoms with van der Waals surface area (Å²) in [6.45, 7) is 7.56. The predicted octanol–water partition coefficient (Wildman–Crippen LogP) is 1.79. The average molecular weight is 364 g/mol. The molecule has 1 aliphatic heterocycles. The molecule has 2 aromatic rings. The molecule has 0 saturated carbocycles. The highest BCUT2D eigenvalue weighted by atomic mass is 16.3. The molecule has 1 atom stereocenters. The van der Waals surface area contributed by atoms with Gasteiger partial charge in [0.1, 0.15) is 6.23 Å². The highest BCUT2D eigenvalue weighted by molar-refractivity contribution is 5.94. The number of benzene rings is 1. The molecule has 1 aromatic carbocycles. The smallest absolute Gasteiger partial charge is 0.299 e. The van der Waals surface area contributed by atoms with E-state index in [9.17, 15) is 9.90 Å². The summed E-state index contributed by atoms with van der Waals surface area (Å²) in [6.07, 6.45) is 2.41. The van der Waals surface area contributed by atoms with Gasteiger partial charge in [0.05, 0.1) is 6.54 Å². The number of nitrogens with zero attached hydrogens (tertiary/aromatic N) is 4. The molecule has 1 unspecified atom stereocenters. The maximum atomic E-state index is 12.4. The number of carbonyl (C=O) groups excluding carboxylic acids is 1. The Morgan fingerprint density at radius 3 is 2.41 bits per heavy atom. The lowest BCUT2D eigenvalue weighted by molar-refractivity contribution is -0.127. The van der Waals surface area contributed by atoms with Crippen LogP contribution >= 0.6 is 0 Å². The standard InChI is InChI=1S/C21H24N4O2/c1-21(2,3)17-8-5-16(6-9-17)7-10-18(26)24-13-14-25(19(27)15-24)20-22-11-4-12-23-20/h4-6,8-9,11-12,19,27H,13-15H2,1-3H3. The normalized spacial score (nSPS) is 17.3. The largest absolute Gasteiger partial charge is 0.372 e. The Labute approximate surface area is 159 Å². The van der Waals surface area contributed by atoms with Crippen molar-refractivity contribution >= 4 is 11.9 Å². The Hall–Kier alpha value is -2.91. The van der Waals surface area contributed by atoms with E-state index in [0.717, 1.165) is 5.56 Å². The fourth-order valence-electron chi connectivity index (χ4n) is 2.88. The van der Waals surface area contributed by atoms with Gasteiger partial charge in [0.2, 0.25) is 5.95 Å². The molecule has 6 nitrogen and oxygen atoms in total. The van der Waals surface area contributed by atoms with Gasteiger partial charge in [-0.05, 0) is 29.2 Å². The zero-order valence-corrected chi connectivity index (χ0v) is 15.9. The van der Waals surface area contributed by atoms with E-state index in [0.29, 0.717) is 19.0 Å². The lowest BCUT2D eigenvalue weighted by Crippen LogP contribution is -2.55. The first-order chi connectivity index (χ1) is 12.8. The molecule has 0 bridgehead atoms. The molecule has 1 aromatic heterocycles. The lowest BCUT2D eigenvalue weighted by Gasteiger charge is -2.37. The van der Waals surface area contributed by atoms with Gasteiger partial charge in [-0.25, -0.2) is 9.97 Å². The van der Waals surface area contributed by atoms with Gasteiger partial charge in [-0.3, -0.25) is 4.79 Å². The van der Waals surface area contributed by atoms with Crippen LogP contribution in [0.5, 0.6) is 0 Å². The third-order valence-electron chi connectivity index (χ3n) is 4.52. The summed E-state index contributed by atoms with van der Waals surface area (Å²) in [5, 5.41) is 10.3. The van der Waals surface area contributed by atoms with Crippen LogP contribution in [0.4, 0.5) is 5.95 Å². The fraction of sp³-hybridized carbons (Fsp3) is 0.381. The second-order valence-electron chi connectivity index (χ2n) is 7.55. The third kappa shape index (κ3) is 4.63. The molecule has 0 spiro atoms. The molecule has 1 fully saturated rings. The Balaban J connectivity index is 1.62. The number of aromatic nitrogens is 2. The van der Waals surface area contributed by atoms with Gasteiger partial charge in [0.15, 0.2) is 0 Å². The van der Waals surface area contributed by atoms with Gasteiger partial charge in [-0.2, -0.15) is 0 Å². The third-order valence-corrected chi connectivity index (χ3v) is 4.52. The minimum absolute atomic E-state index is 0.0834. The number of piperazine rings is 1. The number of aliphatic hydroxyl groups is 1. The number of carbonyl (C=O) groups is 1. The van der Waals surface area contributed by atoms with Gasteiger partial charge < -0.3 is 14.9 Å². The number of hydrogen-bond donors (Lipinski definition) is 1. The maximum absolute atomic E-state index is 12.4. The van der Waals surface area contributed by atoms with Crippen LogP contribution in [-0.4, -0.2) is 51.7 Å². The lowest BCUT2D eigenvalue weighted by atomic mass is 9.87. The maximum Gasteiger partial charge on any atom is 0.299 e. The minimum atomic E-state index is -0.849. The van der Waals surface area contributed by atoms with Crippen molar-refractivity contribution in [3.63, 3.8) is 0 Å². The van der Waals surface area contributed by atoms with Gasteiger partial charge in [0, 0.05) is 37.0 Å². The Bertz CT molecular complexity index is 848. The van der Waals surface area contributed by atoms with Gasteiger partial charge in [-0.1, -0.05) is 38.8 Å². The van der Waals surface area contributed by atoms with Crippen LogP contribution in [0, 0.1) is 11.8 Å². The monoisotopic (exact) mass is 364 g/mol. The molecule has 1 N–H and O–H groups in total. The van der Waals surface area contributed by atoms with Crippen LogP contribution in [0.1, 0.15) is 31.9 Å². The van der Waals surface area contributed by atoms with E-state index in [1.165, 1.54) is 5.56 Å². The molecule has 1 saturated heterocycles. The van der Waals surface area contributed by atoms with E-state index in [4.69, 9.17) is 0 Å². The van der Waals surface area contributed by atoms with Gasteiger partial charge in [-0.15, -0.1) is 0 Å². The second-order valence-corrected chi connectivity index (χ2v) is 7.55. The van der Waals surface area contributed by atoms with Crippen molar-refractivity contribution in [2.45, 2.75) is 32.4 Å². The zero-order valence-electron chi connectivity index (χ0n) is 15.9. The van der Waals surface area contributed by atoms with Crippen molar-refractivity contribution in [2.24, 2.45) is 0 Å². The summed E-state index contributed by atoms with van der Waals surface area (Å²) in [6, 6.07) is 9.66. The molecule has 6 heteroatoms. The number of aliphatic hydroxyl groups excluding tert-OH is 1. The van der Waals surface area contributed by atoms with E-state index in [-0.39, 0.29) is 17.9 Å². The summed E-state index contributed by atoms with van der Waals surface area (Å²) in [7, 11) is 0. The second kappa shape index (κ2) is 7.77. The topological polar surface area (TPSA) is 69.6 Å². The first-order valence-electron chi connectivity index (χ1n) is 8.98. The van der Waals surface area contributed by atoms with Crippen LogP contribution in [0.2, 0.25) is 0 Å². The van der Waals surface area contributed by atoms with E-state index in [1.54, 1.807) is 28.3 Å². The molecule has 0 radical (unpaired) electrons. The van der Waals surface area contributed by atoms with Crippen LogP contribution in [0.3, 0.4) is 0 Å². The van der Waals surface area contributed by atoms with E-state index >= 15 is 0 Å². The van der Waals surface area contributed by atoms with E-state index in [2.05, 4.69) is 42.6 Å². The van der Waals surface area contributed by atoms with Crippen LogP contribution in [0.15, 0.2) is 42.7 Å². The number of β-amino-alcohol motifs (C(OH)–C–C–N with tert-alkyl or cyclic N) is 1. The van der Waals surface area contributed by atoms with Crippen molar-refractivity contribution < 1.29 is 9.90 Å². The zero-order chi connectivity index (χ0) is 19.4. The van der Waals surface area contributed by atoms with Gasteiger partial charge >= 0.3 is 0 Å². The summed E-state index contributed by atoms with van der Waals surface area (Å²) >= 11 is 0. The molecular formula is C21H24N4O2. The Kier molecular flexibility index (Phi) is 5.43.